The van der Waals surface area contributed by atoms with Crippen LogP contribution in [0.3, 0.4) is 0 Å². The lowest BCUT2D eigenvalue weighted by Crippen LogP contribution is -2.37. The van der Waals surface area contributed by atoms with Crippen LogP contribution in [-0.4, -0.2) is 70.0 Å². The molecule has 0 aliphatic rings. The van der Waals surface area contributed by atoms with Crippen LogP contribution in [0.5, 0.6) is 0 Å². The van der Waals surface area contributed by atoms with Crippen LogP contribution in [0.15, 0.2) is 158 Å². The molecule has 10 heteroatoms. The second kappa shape index (κ2) is 65.1. The molecule has 86 heavy (non-hydrogen) atoms. The SMILES string of the molecule is CC/C=C\C/C=C\C/C=C\C/C=C\C/C=C\C/C=C\C/C=C\C/C=C\C/C=C\C/C=C\CCCCC(=O)OC(COC(=O)CCCCCCCCCCCCCCCC/C=C\C/C=C\C/C=C\CCCCCCC)COP(=O)([O-])OCC[N+](C)(C)C. The molecule has 0 N–H and O–H groups in total. The average molecular weight is 1210 g/mol. The van der Waals surface area contributed by atoms with E-state index in [1.165, 1.54) is 109 Å². The summed E-state index contributed by atoms with van der Waals surface area (Å²) in [5.41, 5.74) is 0. The predicted octanol–water partition coefficient (Wildman–Crippen LogP) is 21.7. The molecule has 0 bridgehead atoms. The van der Waals surface area contributed by atoms with Crippen LogP contribution >= 0.6 is 7.82 Å². The zero-order valence-electron chi connectivity index (χ0n) is 55.4. The lowest BCUT2D eigenvalue weighted by molar-refractivity contribution is -0.870. The molecule has 9 nitrogen and oxygen atoms in total. The van der Waals surface area contributed by atoms with Crippen molar-refractivity contribution < 1.29 is 42.1 Å². The molecule has 0 heterocycles. The summed E-state index contributed by atoms with van der Waals surface area (Å²) in [6.45, 7) is 4.06. The molecule has 488 valence electrons. The molecule has 0 saturated heterocycles. The molecule has 0 aliphatic carbocycles. The maximum atomic E-state index is 12.8. The highest BCUT2D eigenvalue weighted by atomic mass is 31.2. The Morgan fingerprint density at radius 1 is 0.372 bits per heavy atom. The van der Waals surface area contributed by atoms with Gasteiger partial charge in [0.05, 0.1) is 27.7 Å². The number of ether oxygens (including phenoxy) is 2. The summed E-state index contributed by atoms with van der Waals surface area (Å²) in [5, 5.41) is 0. The van der Waals surface area contributed by atoms with Crippen molar-refractivity contribution in [3.8, 4) is 0 Å². The van der Waals surface area contributed by atoms with E-state index in [1.807, 2.05) is 21.1 Å². The number of phosphoric ester groups is 1. The lowest BCUT2D eigenvalue weighted by Gasteiger charge is -2.28. The predicted molar refractivity (Wildman–Crippen MR) is 369 cm³/mol. The van der Waals surface area contributed by atoms with E-state index in [1.54, 1.807) is 0 Å². The molecule has 0 spiro atoms. The lowest BCUT2D eigenvalue weighted by atomic mass is 10.0. The number of rotatable bonds is 61. The third kappa shape index (κ3) is 68.7. The van der Waals surface area contributed by atoms with Crippen LogP contribution in [0.25, 0.3) is 0 Å². The van der Waals surface area contributed by atoms with Crippen LogP contribution < -0.4 is 4.89 Å². The first-order valence-corrected chi connectivity index (χ1v) is 35.7. The summed E-state index contributed by atoms with van der Waals surface area (Å²) in [7, 11) is 1.12. The monoisotopic (exact) mass is 1210 g/mol. The van der Waals surface area contributed by atoms with Crippen LogP contribution in [-0.2, 0) is 32.7 Å². The van der Waals surface area contributed by atoms with Crippen molar-refractivity contribution in [1.29, 1.82) is 0 Å². The van der Waals surface area contributed by atoms with Gasteiger partial charge in [0.1, 0.15) is 19.8 Å². The van der Waals surface area contributed by atoms with Gasteiger partial charge in [-0.3, -0.25) is 14.2 Å². The van der Waals surface area contributed by atoms with Crippen LogP contribution in [0.4, 0.5) is 0 Å². The quantitative estimate of drug-likeness (QED) is 0.0195. The topological polar surface area (TPSA) is 111 Å². The normalized spacial score (nSPS) is 14.2. The Bertz CT molecular complexity index is 2010. The number of carbonyl (C=O) groups excluding carboxylic acids is 2. The molecular formula is C76H126NO8P. The number of carbonyl (C=O) groups is 2. The van der Waals surface area contributed by atoms with Gasteiger partial charge < -0.3 is 27.9 Å². The molecule has 0 amide bonds. The van der Waals surface area contributed by atoms with Gasteiger partial charge in [-0.15, -0.1) is 0 Å². The van der Waals surface area contributed by atoms with E-state index in [4.69, 9.17) is 18.5 Å². The third-order valence-corrected chi connectivity index (χ3v) is 15.0. The first kappa shape index (κ1) is 81.6. The minimum absolute atomic E-state index is 0.0479. The Kier molecular flexibility index (Phi) is 61.8. The van der Waals surface area contributed by atoms with E-state index < -0.39 is 32.5 Å². The van der Waals surface area contributed by atoms with Crippen molar-refractivity contribution in [2.45, 2.75) is 264 Å². The summed E-state index contributed by atoms with van der Waals surface area (Å²) in [5.74, 6) is -0.893. The smallest absolute Gasteiger partial charge is 0.306 e. The summed E-state index contributed by atoms with van der Waals surface area (Å²) < 4.78 is 34.2. The van der Waals surface area contributed by atoms with Gasteiger partial charge in [-0.1, -0.05) is 275 Å². The van der Waals surface area contributed by atoms with Crippen molar-refractivity contribution in [2.24, 2.45) is 0 Å². The standard InChI is InChI=1S/C76H126NO8P/c1-6-8-10-12-14-16-18-20-22-24-26-28-30-32-34-36-37-38-39-41-43-45-47-49-51-53-55-57-59-61-63-65-67-69-76(79)85-74(73-84-86(80,81)83-71-70-77(3,4)5)72-82-75(78)68-66-64-62-60-58-56-54-52-50-48-46-44-42-40-35-33-31-29-27-25-23-21-19-17-15-13-11-9-7-2/h8,10,14,16,19-22,25-28,31-34,37-38,41,43,47,49,53,55,59,61,74H,6-7,9,11-13,15,17-18,23-24,29-30,35-36,39-40,42,44-46,48,50-52,54,56-58,60,62-73H2,1-5H3/b10-8-,16-14-,21-19-,22-20-,27-25-,28-26-,33-31-,34-32-,38-37-,43-41-,49-47-,55-53-,61-59-. The number of phosphoric acid groups is 1. The van der Waals surface area contributed by atoms with E-state index >= 15 is 0 Å². The highest BCUT2D eigenvalue weighted by Gasteiger charge is 2.22. The highest BCUT2D eigenvalue weighted by molar-refractivity contribution is 7.45. The fourth-order valence-electron chi connectivity index (χ4n) is 8.81. The van der Waals surface area contributed by atoms with E-state index in [2.05, 4.69) is 172 Å². The third-order valence-electron chi connectivity index (χ3n) is 14.0. The largest absolute Gasteiger partial charge is 0.756 e. The van der Waals surface area contributed by atoms with E-state index in [0.717, 1.165) is 109 Å². The molecule has 0 saturated carbocycles. The number of unbranched alkanes of at least 4 members (excludes halogenated alkanes) is 21. The highest BCUT2D eigenvalue weighted by Crippen LogP contribution is 2.38. The maximum absolute atomic E-state index is 12.8. The van der Waals surface area contributed by atoms with Gasteiger partial charge in [0, 0.05) is 12.8 Å². The Morgan fingerprint density at radius 3 is 1.01 bits per heavy atom. The molecule has 0 radical (unpaired) electrons. The van der Waals surface area contributed by atoms with Crippen molar-refractivity contribution in [2.75, 3.05) is 47.5 Å². The van der Waals surface area contributed by atoms with Gasteiger partial charge in [0.15, 0.2) is 6.10 Å². The minimum atomic E-state index is -4.67. The minimum Gasteiger partial charge on any atom is -0.756 e. The zero-order valence-corrected chi connectivity index (χ0v) is 56.3. The number of nitrogens with zero attached hydrogens (tertiary/aromatic N) is 1. The Hall–Kier alpha value is -4.37. The number of hydrogen-bond acceptors (Lipinski definition) is 8. The van der Waals surface area contributed by atoms with Gasteiger partial charge in [-0.2, -0.15) is 0 Å². The number of allylic oxidation sites excluding steroid dienone is 26. The van der Waals surface area contributed by atoms with Crippen molar-refractivity contribution in [3.63, 3.8) is 0 Å². The molecular weight excluding hydrogens is 1090 g/mol. The number of esters is 2. The maximum Gasteiger partial charge on any atom is 0.306 e. The second-order valence-electron chi connectivity index (χ2n) is 23.5. The average Bonchev–Trinajstić information content (AvgIpc) is 3.70. The van der Waals surface area contributed by atoms with Crippen molar-refractivity contribution in [3.05, 3.63) is 158 Å². The molecule has 2 unspecified atom stereocenters. The van der Waals surface area contributed by atoms with Gasteiger partial charge in [0.2, 0.25) is 0 Å². The van der Waals surface area contributed by atoms with Gasteiger partial charge in [-0.05, 0) is 128 Å². The zero-order chi connectivity index (χ0) is 62.6. The Balaban J connectivity index is 4.22. The number of hydrogen-bond donors (Lipinski definition) is 0. The van der Waals surface area contributed by atoms with Gasteiger partial charge in [-0.25, -0.2) is 0 Å². The van der Waals surface area contributed by atoms with Crippen molar-refractivity contribution in [1.82, 2.24) is 0 Å². The summed E-state index contributed by atoms with van der Waals surface area (Å²) in [4.78, 5) is 38.0. The first-order valence-electron chi connectivity index (χ1n) is 34.2. The van der Waals surface area contributed by atoms with E-state index in [-0.39, 0.29) is 26.1 Å². The fourth-order valence-corrected chi connectivity index (χ4v) is 9.54. The first-order chi connectivity index (χ1) is 42.0. The summed E-state index contributed by atoms with van der Waals surface area (Å²) in [6, 6.07) is 0. The van der Waals surface area contributed by atoms with Crippen LogP contribution in [0.1, 0.15) is 258 Å². The second-order valence-corrected chi connectivity index (χ2v) is 24.9. The number of quaternary nitrogens is 1. The Morgan fingerprint density at radius 2 is 0.663 bits per heavy atom. The molecule has 0 aromatic heterocycles. The van der Waals surface area contributed by atoms with Crippen molar-refractivity contribution >= 4 is 19.8 Å². The van der Waals surface area contributed by atoms with Crippen LogP contribution in [0, 0.1) is 0 Å². The molecule has 0 aromatic rings. The molecule has 0 aliphatic heterocycles. The van der Waals surface area contributed by atoms with Gasteiger partial charge in [0.25, 0.3) is 7.82 Å². The molecule has 0 rings (SSSR count). The number of likely N-dealkylation sites (N-methyl/N-ethyl adjacent to an activating group) is 1. The summed E-state index contributed by atoms with van der Waals surface area (Å²) >= 11 is 0. The molecule has 2 atom stereocenters. The Labute approximate surface area is 528 Å². The summed E-state index contributed by atoms with van der Waals surface area (Å²) in [6.07, 6.45) is 97.4. The fraction of sp³-hybridized carbons (Fsp3) is 0.632. The van der Waals surface area contributed by atoms with E-state index in [9.17, 15) is 19.0 Å². The van der Waals surface area contributed by atoms with Gasteiger partial charge >= 0.3 is 11.9 Å². The van der Waals surface area contributed by atoms with E-state index in [0.29, 0.717) is 23.9 Å². The van der Waals surface area contributed by atoms with Crippen LogP contribution in [0.2, 0.25) is 0 Å². The molecule has 0 fully saturated rings. The molecule has 0 aromatic carbocycles.